The van der Waals surface area contributed by atoms with Crippen LogP contribution < -0.4 is 0 Å². The van der Waals surface area contributed by atoms with E-state index in [9.17, 15) is 4.79 Å². The van der Waals surface area contributed by atoms with Gasteiger partial charge in [0.25, 0.3) is 0 Å². The average Bonchev–Trinajstić information content (AvgIpc) is 2.47. The van der Waals surface area contributed by atoms with Crippen molar-refractivity contribution in [2.24, 2.45) is 0 Å². The van der Waals surface area contributed by atoms with Gasteiger partial charge in [-0.15, -0.1) is 0 Å². The van der Waals surface area contributed by atoms with Crippen molar-refractivity contribution in [1.29, 1.82) is 0 Å². The van der Waals surface area contributed by atoms with Gasteiger partial charge in [0.15, 0.2) is 5.01 Å². The Kier molecular flexibility index (Phi) is 3.45. The molecule has 0 aliphatic rings. The van der Waals surface area contributed by atoms with Gasteiger partial charge < -0.3 is 4.90 Å². The average molecular weight is 217 g/mol. The molecule has 0 saturated carbocycles. The third kappa shape index (κ3) is 3.16. The molecule has 5 heteroatoms. The summed E-state index contributed by atoms with van der Waals surface area (Å²) in [6, 6.07) is 0. The second kappa shape index (κ2) is 4.39. The van der Waals surface area contributed by atoms with Gasteiger partial charge >= 0.3 is 0 Å². The minimum absolute atomic E-state index is 0.120. The van der Waals surface area contributed by atoms with Gasteiger partial charge in [-0.1, -0.05) is 22.9 Å². The molecule has 70 valence electrons. The monoisotopic (exact) mass is 216 g/mol. The molecule has 0 atom stereocenters. The van der Waals surface area contributed by atoms with E-state index in [4.69, 9.17) is 11.6 Å². The van der Waals surface area contributed by atoms with Crippen LogP contribution in [0.3, 0.4) is 0 Å². The molecule has 0 aromatic carbocycles. The Labute approximate surface area is 85.7 Å². The summed E-state index contributed by atoms with van der Waals surface area (Å²) in [7, 11) is 3.69. The first-order valence-electron chi connectivity index (χ1n) is 3.60. The van der Waals surface area contributed by atoms with E-state index in [2.05, 4.69) is 4.98 Å². The molecule has 13 heavy (non-hydrogen) atoms. The van der Waals surface area contributed by atoms with Crippen LogP contribution in [0.5, 0.6) is 0 Å². The molecule has 0 radical (unpaired) electrons. The van der Waals surface area contributed by atoms with Crippen molar-refractivity contribution in [2.45, 2.75) is 0 Å². The standard InChI is InChI=1S/C8H9ClN2OS/c1-11(2)4-3-6(12)8-10-5-7(9)13-8/h3-5H,1-2H3/b4-3+. The Bertz CT molecular complexity index is 333. The lowest BCUT2D eigenvalue weighted by Gasteiger charge is -2.01. The Balaban J connectivity index is 2.69. The lowest BCUT2D eigenvalue weighted by atomic mass is 10.4. The van der Waals surface area contributed by atoms with Crippen molar-refractivity contribution < 1.29 is 4.79 Å². The Morgan fingerprint density at radius 1 is 1.69 bits per heavy atom. The highest BCUT2D eigenvalue weighted by molar-refractivity contribution is 7.17. The van der Waals surface area contributed by atoms with Crippen LogP contribution in [0, 0.1) is 0 Å². The molecule has 0 amide bonds. The molecule has 3 nitrogen and oxygen atoms in total. The van der Waals surface area contributed by atoms with Gasteiger partial charge in [0.05, 0.1) is 6.20 Å². The number of rotatable bonds is 3. The van der Waals surface area contributed by atoms with Crippen molar-refractivity contribution in [3.8, 4) is 0 Å². The first-order chi connectivity index (χ1) is 6.09. The second-order valence-corrected chi connectivity index (χ2v) is 4.28. The van der Waals surface area contributed by atoms with Gasteiger partial charge in [-0.25, -0.2) is 4.98 Å². The van der Waals surface area contributed by atoms with Crippen LogP contribution in [-0.2, 0) is 0 Å². The molecule has 0 unspecified atom stereocenters. The van der Waals surface area contributed by atoms with Crippen molar-refractivity contribution in [3.05, 3.63) is 27.8 Å². The van der Waals surface area contributed by atoms with Crippen LogP contribution in [-0.4, -0.2) is 29.8 Å². The number of hydrogen-bond donors (Lipinski definition) is 0. The first kappa shape index (κ1) is 10.2. The van der Waals surface area contributed by atoms with Crippen molar-refractivity contribution >= 4 is 28.7 Å². The van der Waals surface area contributed by atoms with E-state index in [0.717, 1.165) is 0 Å². The number of ketones is 1. The van der Waals surface area contributed by atoms with Crippen LogP contribution in [0.2, 0.25) is 4.34 Å². The van der Waals surface area contributed by atoms with Crippen LogP contribution >= 0.6 is 22.9 Å². The molecule has 1 aromatic heterocycles. The fourth-order valence-electron chi connectivity index (χ4n) is 0.656. The summed E-state index contributed by atoms with van der Waals surface area (Å²) in [6.45, 7) is 0. The fourth-order valence-corrected chi connectivity index (χ4v) is 1.49. The van der Waals surface area contributed by atoms with E-state index in [0.29, 0.717) is 9.34 Å². The topological polar surface area (TPSA) is 33.2 Å². The maximum Gasteiger partial charge on any atom is 0.215 e. The summed E-state index contributed by atoms with van der Waals surface area (Å²) < 4.78 is 0.529. The molecule has 1 heterocycles. The molecule has 0 spiro atoms. The zero-order valence-corrected chi connectivity index (χ0v) is 8.89. The van der Waals surface area contributed by atoms with E-state index in [1.54, 1.807) is 11.1 Å². The highest BCUT2D eigenvalue weighted by atomic mass is 35.5. The SMILES string of the molecule is CN(C)/C=C/C(=O)c1ncc(Cl)s1. The number of allylic oxidation sites excluding steroid dienone is 1. The highest BCUT2D eigenvalue weighted by Crippen LogP contribution is 2.18. The van der Waals surface area contributed by atoms with Gasteiger partial charge in [-0.05, 0) is 0 Å². The number of hydrogen-bond acceptors (Lipinski definition) is 4. The summed E-state index contributed by atoms with van der Waals surface area (Å²) in [6.07, 6.45) is 4.62. The highest BCUT2D eigenvalue weighted by Gasteiger charge is 2.06. The summed E-state index contributed by atoms with van der Waals surface area (Å²) in [4.78, 5) is 17.0. The minimum atomic E-state index is -0.120. The molecular weight excluding hydrogens is 208 g/mol. The first-order valence-corrected chi connectivity index (χ1v) is 4.79. The van der Waals surface area contributed by atoms with Crippen LogP contribution in [0.15, 0.2) is 18.5 Å². The van der Waals surface area contributed by atoms with Gasteiger partial charge in [0, 0.05) is 26.4 Å². The van der Waals surface area contributed by atoms with Crippen LogP contribution in [0.25, 0.3) is 0 Å². The Morgan fingerprint density at radius 3 is 2.85 bits per heavy atom. The Hall–Kier alpha value is -0.870. The number of nitrogens with zero attached hydrogens (tertiary/aromatic N) is 2. The third-order valence-corrected chi connectivity index (χ3v) is 2.34. The van der Waals surface area contributed by atoms with Crippen LogP contribution in [0.4, 0.5) is 0 Å². The number of halogens is 1. The van der Waals surface area contributed by atoms with E-state index >= 15 is 0 Å². The summed E-state index contributed by atoms with van der Waals surface area (Å²) in [5, 5.41) is 0.420. The second-order valence-electron chi connectivity index (χ2n) is 2.61. The lowest BCUT2D eigenvalue weighted by molar-refractivity contribution is 0.104. The molecule has 0 aliphatic heterocycles. The molecule has 1 aromatic rings. The molecule has 0 fully saturated rings. The Morgan fingerprint density at radius 2 is 2.38 bits per heavy atom. The molecule has 0 saturated heterocycles. The molecule has 1 rings (SSSR count). The molecule has 0 bridgehead atoms. The normalized spacial score (nSPS) is 10.7. The van der Waals surface area contributed by atoms with Crippen molar-refractivity contribution in [2.75, 3.05) is 14.1 Å². The minimum Gasteiger partial charge on any atom is -0.383 e. The summed E-state index contributed by atoms with van der Waals surface area (Å²) in [5.74, 6) is -0.120. The number of aromatic nitrogens is 1. The van der Waals surface area contributed by atoms with E-state index in [-0.39, 0.29) is 5.78 Å². The van der Waals surface area contributed by atoms with Gasteiger partial charge in [-0.2, -0.15) is 0 Å². The number of carbonyl (C=O) groups excluding carboxylic acids is 1. The van der Waals surface area contributed by atoms with Gasteiger partial charge in [-0.3, -0.25) is 4.79 Å². The molecule has 0 N–H and O–H groups in total. The van der Waals surface area contributed by atoms with E-state index in [1.807, 2.05) is 14.1 Å². The molecule has 0 aliphatic carbocycles. The largest absolute Gasteiger partial charge is 0.383 e. The predicted octanol–water partition coefficient (Wildman–Crippen LogP) is 2.05. The zero-order chi connectivity index (χ0) is 9.84. The lowest BCUT2D eigenvalue weighted by Crippen LogP contribution is -2.02. The van der Waals surface area contributed by atoms with Crippen molar-refractivity contribution in [1.82, 2.24) is 9.88 Å². The van der Waals surface area contributed by atoms with Crippen molar-refractivity contribution in [3.63, 3.8) is 0 Å². The maximum atomic E-state index is 11.3. The van der Waals surface area contributed by atoms with Gasteiger partial charge in [0.2, 0.25) is 5.78 Å². The zero-order valence-electron chi connectivity index (χ0n) is 7.32. The summed E-state index contributed by atoms with van der Waals surface area (Å²) >= 11 is 6.82. The fraction of sp³-hybridized carbons (Fsp3) is 0.250. The summed E-state index contributed by atoms with van der Waals surface area (Å²) in [5.41, 5.74) is 0. The van der Waals surface area contributed by atoms with E-state index < -0.39 is 0 Å². The maximum absolute atomic E-state index is 11.3. The molecular formula is C8H9ClN2OS. The number of thiazole rings is 1. The quantitative estimate of drug-likeness (QED) is 0.573. The van der Waals surface area contributed by atoms with Gasteiger partial charge in [0.1, 0.15) is 4.34 Å². The smallest absolute Gasteiger partial charge is 0.215 e. The predicted molar refractivity (Wildman–Crippen MR) is 54.3 cm³/mol. The van der Waals surface area contributed by atoms with Crippen LogP contribution in [0.1, 0.15) is 9.80 Å². The van der Waals surface area contributed by atoms with E-state index in [1.165, 1.54) is 23.6 Å². The third-order valence-electron chi connectivity index (χ3n) is 1.21. The number of carbonyl (C=O) groups is 1.